The summed E-state index contributed by atoms with van der Waals surface area (Å²) in [7, 11) is 1.53. The highest BCUT2D eigenvalue weighted by molar-refractivity contribution is 6.01. The Labute approximate surface area is 120 Å². The third-order valence-electron chi connectivity index (χ3n) is 2.98. The average Bonchev–Trinajstić information content (AvgIpc) is 2.47. The predicted molar refractivity (Wildman–Crippen MR) is 74.1 cm³/mol. The van der Waals surface area contributed by atoms with Crippen LogP contribution in [0.3, 0.4) is 0 Å². The van der Waals surface area contributed by atoms with Crippen molar-refractivity contribution in [2.45, 2.75) is 6.42 Å². The molecule has 0 fully saturated rings. The summed E-state index contributed by atoms with van der Waals surface area (Å²) < 4.78 is 18.1. The van der Waals surface area contributed by atoms with Gasteiger partial charge < -0.3 is 4.74 Å². The number of nitrogens with zero attached hydrogens (tertiary/aromatic N) is 1. The number of ether oxygens (including phenoxy) is 1. The average molecular weight is 289 g/mol. The minimum absolute atomic E-state index is 0.00351. The number of Topliss-reactive ketones (excluding diaryl/α,β-unsaturated/α-hetero) is 1. The highest BCUT2D eigenvalue weighted by Gasteiger charge is 2.20. The van der Waals surface area contributed by atoms with Crippen molar-refractivity contribution in [3.8, 4) is 5.75 Å². The first kappa shape index (κ1) is 14.6. The van der Waals surface area contributed by atoms with Gasteiger partial charge in [-0.3, -0.25) is 14.9 Å². The SMILES string of the molecule is COc1ccc(CC(=O)c2ccc(F)cc2[N+](=O)[O-])cc1. The van der Waals surface area contributed by atoms with Gasteiger partial charge in [0.25, 0.3) is 5.69 Å². The molecular weight excluding hydrogens is 277 g/mol. The number of halogens is 1. The summed E-state index contributed by atoms with van der Waals surface area (Å²) in [6.07, 6.45) is -0.00351. The third kappa shape index (κ3) is 3.42. The minimum Gasteiger partial charge on any atom is -0.497 e. The Hall–Kier alpha value is -2.76. The minimum atomic E-state index is -0.760. The zero-order valence-electron chi connectivity index (χ0n) is 11.2. The number of ketones is 1. The quantitative estimate of drug-likeness (QED) is 0.481. The lowest BCUT2D eigenvalue weighted by molar-refractivity contribution is -0.385. The fourth-order valence-electron chi connectivity index (χ4n) is 1.92. The molecule has 2 aromatic carbocycles. The summed E-state index contributed by atoms with van der Waals surface area (Å²) in [5, 5.41) is 10.9. The molecule has 0 aliphatic rings. The standard InChI is InChI=1S/C15H12FNO4/c1-21-12-5-2-10(3-6-12)8-15(18)13-7-4-11(16)9-14(13)17(19)20/h2-7,9H,8H2,1H3. The third-order valence-corrected chi connectivity index (χ3v) is 2.98. The second-order valence-corrected chi connectivity index (χ2v) is 4.37. The van der Waals surface area contributed by atoms with Crippen LogP contribution < -0.4 is 4.74 Å². The monoisotopic (exact) mass is 289 g/mol. The van der Waals surface area contributed by atoms with Gasteiger partial charge in [0.05, 0.1) is 23.7 Å². The Morgan fingerprint density at radius 1 is 1.24 bits per heavy atom. The van der Waals surface area contributed by atoms with Gasteiger partial charge >= 0.3 is 0 Å². The molecule has 0 aliphatic heterocycles. The van der Waals surface area contributed by atoms with Crippen LogP contribution in [-0.2, 0) is 6.42 Å². The molecule has 0 N–H and O–H groups in total. The largest absolute Gasteiger partial charge is 0.497 e. The van der Waals surface area contributed by atoms with Gasteiger partial charge in [0, 0.05) is 6.42 Å². The second kappa shape index (κ2) is 6.13. The van der Waals surface area contributed by atoms with Gasteiger partial charge in [-0.05, 0) is 29.8 Å². The highest BCUT2D eigenvalue weighted by Crippen LogP contribution is 2.22. The van der Waals surface area contributed by atoms with Gasteiger partial charge in [-0.2, -0.15) is 0 Å². The summed E-state index contributed by atoms with van der Waals surface area (Å²) in [6, 6.07) is 9.72. The Balaban J connectivity index is 2.25. The zero-order valence-corrected chi connectivity index (χ0v) is 11.2. The lowest BCUT2D eigenvalue weighted by Crippen LogP contribution is -2.07. The predicted octanol–water partition coefficient (Wildman–Crippen LogP) is 3.17. The number of carbonyl (C=O) groups is 1. The van der Waals surface area contributed by atoms with Crippen LogP contribution in [0, 0.1) is 15.9 Å². The molecule has 0 aromatic heterocycles. The molecule has 0 bridgehead atoms. The van der Waals surface area contributed by atoms with E-state index in [4.69, 9.17) is 4.74 Å². The number of hydrogen-bond donors (Lipinski definition) is 0. The topological polar surface area (TPSA) is 69.4 Å². The molecule has 0 radical (unpaired) electrons. The fourth-order valence-corrected chi connectivity index (χ4v) is 1.92. The number of nitro benzene ring substituents is 1. The van der Waals surface area contributed by atoms with Crippen LogP contribution in [0.1, 0.15) is 15.9 Å². The summed E-state index contributed by atoms with van der Waals surface area (Å²) in [6.45, 7) is 0. The fraction of sp³-hybridized carbons (Fsp3) is 0.133. The van der Waals surface area contributed by atoms with E-state index in [1.165, 1.54) is 7.11 Å². The maximum absolute atomic E-state index is 13.1. The molecule has 0 saturated carbocycles. The van der Waals surface area contributed by atoms with E-state index in [2.05, 4.69) is 0 Å². The number of hydrogen-bond acceptors (Lipinski definition) is 4. The Bertz CT molecular complexity index is 683. The van der Waals surface area contributed by atoms with Crippen LogP contribution in [0.2, 0.25) is 0 Å². The van der Waals surface area contributed by atoms with Gasteiger partial charge in [-0.1, -0.05) is 12.1 Å². The molecule has 5 nitrogen and oxygen atoms in total. The van der Waals surface area contributed by atoms with E-state index in [1.807, 2.05) is 0 Å². The Morgan fingerprint density at radius 3 is 2.48 bits per heavy atom. The number of methoxy groups -OCH3 is 1. The van der Waals surface area contributed by atoms with Crippen molar-refractivity contribution < 1.29 is 18.8 Å². The van der Waals surface area contributed by atoms with E-state index in [0.29, 0.717) is 11.3 Å². The first-order valence-corrected chi connectivity index (χ1v) is 6.11. The van der Waals surface area contributed by atoms with Crippen molar-refractivity contribution in [3.05, 3.63) is 69.5 Å². The van der Waals surface area contributed by atoms with Crippen molar-refractivity contribution in [2.75, 3.05) is 7.11 Å². The number of rotatable bonds is 5. The zero-order chi connectivity index (χ0) is 15.4. The lowest BCUT2D eigenvalue weighted by Gasteiger charge is -2.04. The van der Waals surface area contributed by atoms with Crippen LogP contribution in [0.15, 0.2) is 42.5 Å². The van der Waals surface area contributed by atoms with E-state index in [0.717, 1.165) is 18.2 Å². The Kier molecular flexibility index (Phi) is 4.27. The number of benzene rings is 2. The summed E-state index contributed by atoms with van der Waals surface area (Å²) in [5.74, 6) is -0.534. The Morgan fingerprint density at radius 2 is 1.90 bits per heavy atom. The van der Waals surface area contributed by atoms with Gasteiger partial charge in [0.15, 0.2) is 5.78 Å². The van der Waals surface area contributed by atoms with E-state index in [-0.39, 0.29) is 12.0 Å². The van der Waals surface area contributed by atoms with E-state index in [1.54, 1.807) is 24.3 Å². The van der Waals surface area contributed by atoms with Crippen LogP contribution >= 0.6 is 0 Å². The normalized spacial score (nSPS) is 10.2. The van der Waals surface area contributed by atoms with Crippen LogP contribution in [0.4, 0.5) is 10.1 Å². The van der Waals surface area contributed by atoms with Crippen molar-refractivity contribution in [1.82, 2.24) is 0 Å². The molecule has 21 heavy (non-hydrogen) atoms. The van der Waals surface area contributed by atoms with Gasteiger partial charge in [0.2, 0.25) is 0 Å². The molecule has 2 rings (SSSR count). The first-order valence-electron chi connectivity index (χ1n) is 6.11. The molecule has 0 atom stereocenters. The molecule has 0 amide bonds. The molecule has 6 heteroatoms. The maximum atomic E-state index is 13.1. The van der Waals surface area contributed by atoms with E-state index >= 15 is 0 Å². The van der Waals surface area contributed by atoms with Gasteiger partial charge in [-0.25, -0.2) is 4.39 Å². The summed E-state index contributed by atoms with van der Waals surface area (Å²) >= 11 is 0. The number of carbonyl (C=O) groups excluding carboxylic acids is 1. The van der Waals surface area contributed by atoms with Gasteiger partial charge in [-0.15, -0.1) is 0 Å². The van der Waals surface area contributed by atoms with Crippen LogP contribution in [-0.4, -0.2) is 17.8 Å². The van der Waals surface area contributed by atoms with Crippen molar-refractivity contribution in [3.63, 3.8) is 0 Å². The molecule has 0 unspecified atom stereocenters. The molecule has 0 heterocycles. The van der Waals surface area contributed by atoms with Crippen LogP contribution in [0.25, 0.3) is 0 Å². The van der Waals surface area contributed by atoms with Gasteiger partial charge in [0.1, 0.15) is 11.6 Å². The summed E-state index contributed by atoms with van der Waals surface area (Å²) in [4.78, 5) is 22.3. The molecule has 108 valence electrons. The highest BCUT2D eigenvalue weighted by atomic mass is 19.1. The second-order valence-electron chi connectivity index (χ2n) is 4.37. The molecule has 0 aliphatic carbocycles. The van der Waals surface area contributed by atoms with Crippen molar-refractivity contribution in [1.29, 1.82) is 0 Å². The molecule has 0 spiro atoms. The molecule has 0 saturated heterocycles. The van der Waals surface area contributed by atoms with Crippen molar-refractivity contribution >= 4 is 11.5 Å². The summed E-state index contributed by atoms with van der Waals surface area (Å²) in [5.41, 5.74) is 0.0742. The van der Waals surface area contributed by atoms with E-state index < -0.39 is 22.2 Å². The van der Waals surface area contributed by atoms with Crippen LogP contribution in [0.5, 0.6) is 5.75 Å². The first-order chi connectivity index (χ1) is 10.0. The molecular formula is C15H12FNO4. The molecule has 2 aromatic rings. The maximum Gasteiger partial charge on any atom is 0.283 e. The number of nitro groups is 1. The smallest absolute Gasteiger partial charge is 0.283 e. The lowest BCUT2D eigenvalue weighted by atomic mass is 10.0. The van der Waals surface area contributed by atoms with Crippen molar-refractivity contribution in [2.24, 2.45) is 0 Å². The van der Waals surface area contributed by atoms with E-state index in [9.17, 15) is 19.3 Å².